The molecule has 0 aliphatic heterocycles. The molecule has 0 saturated heterocycles. The third-order valence-corrected chi connectivity index (χ3v) is 6.48. The maximum Gasteiger partial charge on any atom is 0.512 e. The molecule has 6 heteroatoms. The Kier molecular flexibility index (Phi) is 7.26. The summed E-state index contributed by atoms with van der Waals surface area (Å²) in [4.78, 5) is 14.7. The van der Waals surface area contributed by atoms with Crippen molar-refractivity contribution in [3.63, 3.8) is 0 Å². The highest BCUT2D eigenvalue weighted by molar-refractivity contribution is 5.97. The number of H-pyrrole nitrogens is 1. The van der Waals surface area contributed by atoms with Crippen LogP contribution in [0.25, 0.3) is 21.7 Å². The number of aromatic amines is 1. The Labute approximate surface area is 215 Å². The van der Waals surface area contributed by atoms with E-state index in [4.69, 9.17) is 9.47 Å². The van der Waals surface area contributed by atoms with Crippen molar-refractivity contribution >= 4 is 39.2 Å². The molecule has 5 aromatic rings. The lowest BCUT2D eigenvalue weighted by Crippen LogP contribution is -2.06. The van der Waals surface area contributed by atoms with Gasteiger partial charge >= 0.3 is 6.16 Å². The van der Waals surface area contributed by atoms with Gasteiger partial charge < -0.3 is 24.9 Å². The number of carboxylic acid groups (broad SMARTS) is 1. The number of aromatic nitrogens is 1. The van der Waals surface area contributed by atoms with Gasteiger partial charge in [0.05, 0.1) is 17.8 Å². The number of hydrogen-bond donors (Lipinski definition) is 3. The molecule has 188 valence electrons. The van der Waals surface area contributed by atoms with E-state index in [1.807, 2.05) is 54.6 Å². The van der Waals surface area contributed by atoms with Crippen molar-refractivity contribution in [1.82, 2.24) is 4.98 Å². The average molecular weight is 495 g/mol. The normalized spacial score (nSPS) is 11.1. The van der Waals surface area contributed by atoms with E-state index in [2.05, 4.69) is 47.6 Å². The summed E-state index contributed by atoms with van der Waals surface area (Å²) in [5.74, 6) is 1.10. The van der Waals surface area contributed by atoms with Gasteiger partial charge in [-0.15, -0.1) is 0 Å². The monoisotopic (exact) mass is 494 g/mol. The fourth-order valence-electron chi connectivity index (χ4n) is 4.80. The lowest BCUT2D eigenvalue weighted by molar-refractivity contribution is 0.142. The van der Waals surface area contributed by atoms with Crippen LogP contribution in [-0.4, -0.2) is 22.9 Å². The molecule has 1 heterocycles. The molecule has 37 heavy (non-hydrogen) atoms. The number of anilines is 2. The van der Waals surface area contributed by atoms with Gasteiger partial charge in [0.1, 0.15) is 5.75 Å². The van der Waals surface area contributed by atoms with E-state index in [9.17, 15) is 9.90 Å². The van der Waals surface area contributed by atoms with Crippen LogP contribution in [0.1, 0.15) is 30.9 Å². The van der Waals surface area contributed by atoms with Crippen molar-refractivity contribution in [1.29, 1.82) is 0 Å². The minimum atomic E-state index is -1.34. The quantitative estimate of drug-likeness (QED) is 0.135. The van der Waals surface area contributed by atoms with Gasteiger partial charge in [0.2, 0.25) is 5.88 Å². The summed E-state index contributed by atoms with van der Waals surface area (Å²) >= 11 is 0. The first-order valence-corrected chi connectivity index (χ1v) is 12.6. The highest BCUT2D eigenvalue weighted by Gasteiger charge is 2.18. The predicted octanol–water partition coefficient (Wildman–Crippen LogP) is 8.09. The summed E-state index contributed by atoms with van der Waals surface area (Å²) in [5, 5.41) is 16.0. The van der Waals surface area contributed by atoms with Crippen LogP contribution in [0.15, 0.2) is 84.9 Å². The molecule has 0 aliphatic carbocycles. The van der Waals surface area contributed by atoms with Crippen LogP contribution in [0.3, 0.4) is 0 Å². The second kappa shape index (κ2) is 11.1. The number of carbonyl (C=O) groups is 1. The molecule has 0 unspecified atom stereocenters. The number of benzene rings is 4. The molecule has 6 nitrogen and oxygen atoms in total. The van der Waals surface area contributed by atoms with E-state index in [0.29, 0.717) is 19.4 Å². The van der Waals surface area contributed by atoms with Gasteiger partial charge in [0, 0.05) is 22.0 Å². The molecule has 0 saturated carbocycles. The van der Waals surface area contributed by atoms with Crippen LogP contribution >= 0.6 is 0 Å². The first-order chi connectivity index (χ1) is 18.1. The Morgan fingerprint density at radius 2 is 1.59 bits per heavy atom. The molecular formula is C31H30N2O4. The van der Waals surface area contributed by atoms with Crippen LogP contribution in [0, 0.1) is 0 Å². The van der Waals surface area contributed by atoms with Gasteiger partial charge in [0.25, 0.3) is 0 Å². The summed E-state index contributed by atoms with van der Waals surface area (Å²) in [7, 11) is 0. The van der Waals surface area contributed by atoms with Crippen LogP contribution in [0.2, 0.25) is 0 Å². The first-order valence-electron chi connectivity index (χ1n) is 12.6. The molecule has 0 aliphatic rings. The number of para-hydroxylation sites is 2. The van der Waals surface area contributed by atoms with Crippen molar-refractivity contribution in [2.24, 2.45) is 0 Å². The smallest absolute Gasteiger partial charge is 0.493 e. The van der Waals surface area contributed by atoms with Gasteiger partial charge in [-0.1, -0.05) is 80.1 Å². The lowest BCUT2D eigenvalue weighted by atomic mass is 10.1. The molecule has 0 spiro atoms. The molecule has 0 atom stereocenters. The van der Waals surface area contributed by atoms with E-state index in [1.165, 1.54) is 5.56 Å². The maximum absolute atomic E-state index is 11.4. The fourth-order valence-corrected chi connectivity index (χ4v) is 4.80. The predicted molar refractivity (Wildman–Crippen MR) is 148 cm³/mol. The van der Waals surface area contributed by atoms with Crippen molar-refractivity contribution in [3.8, 4) is 11.6 Å². The van der Waals surface area contributed by atoms with E-state index in [-0.39, 0.29) is 5.88 Å². The van der Waals surface area contributed by atoms with Gasteiger partial charge in [-0.25, -0.2) is 4.79 Å². The number of aryl methyl sites for hydroxylation is 2. The third-order valence-electron chi connectivity index (χ3n) is 6.48. The Bertz CT molecular complexity index is 1530. The SMILES string of the molecule is CCCc1ccccc1Nc1cccc2c(CCCOc3cccc4ccccc34)c(OC(=O)O)[nH]c12. The van der Waals surface area contributed by atoms with Crippen molar-refractivity contribution in [2.75, 3.05) is 11.9 Å². The van der Waals surface area contributed by atoms with Crippen LogP contribution < -0.4 is 14.8 Å². The Hall–Kier alpha value is -4.45. The summed E-state index contributed by atoms with van der Waals surface area (Å²) in [6.07, 6.45) is 1.97. The van der Waals surface area contributed by atoms with Gasteiger partial charge in [-0.3, -0.25) is 0 Å². The molecule has 5 rings (SSSR count). The van der Waals surface area contributed by atoms with Crippen LogP contribution in [0.5, 0.6) is 11.6 Å². The molecule has 3 N–H and O–H groups in total. The molecule has 0 radical (unpaired) electrons. The molecule has 0 fully saturated rings. The standard InChI is InChI=1S/C31H30N2O4/c1-2-10-22-12-4-6-17-26(22)32-27-18-8-15-24-25(30(33-29(24)27)37-31(34)35)16-9-20-36-28-19-7-13-21-11-3-5-14-23(21)28/h3-8,11-15,17-19,32-33H,2,9-10,16,20H2,1H3,(H,34,35). The molecule has 4 aromatic carbocycles. The topological polar surface area (TPSA) is 83.6 Å². The van der Waals surface area contributed by atoms with E-state index in [0.717, 1.165) is 57.2 Å². The molecule has 1 aromatic heterocycles. The number of fused-ring (bicyclic) bond motifs is 2. The zero-order valence-corrected chi connectivity index (χ0v) is 20.8. The van der Waals surface area contributed by atoms with Crippen LogP contribution in [-0.2, 0) is 12.8 Å². The average Bonchev–Trinajstić information content (AvgIpc) is 3.25. The van der Waals surface area contributed by atoms with Gasteiger partial charge in [0.15, 0.2) is 0 Å². The van der Waals surface area contributed by atoms with E-state index in [1.54, 1.807) is 0 Å². The van der Waals surface area contributed by atoms with Crippen molar-refractivity contribution in [2.45, 2.75) is 32.6 Å². The third kappa shape index (κ3) is 5.38. The first kappa shape index (κ1) is 24.3. The van der Waals surface area contributed by atoms with Crippen molar-refractivity contribution < 1.29 is 19.4 Å². The summed E-state index contributed by atoms with van der Waals surface area (Å²) in [6.45, 7) is 2.66. The number of ether oxygens (including phenoxy) is 2. The Balaban J connectivity index is 1.38. The second-order valence-electron chi connectivity index (χ2n) is 8.99. The highest BCUT2D eigenvalue weighted by Crippen LogP contribution is 2.35. The van der Waals surface area contributed by atoms with Gasteiger partial charge in [-0.2, -0.15) is 0 Å². The summed E-state index contributed by atoms with van der Waals surface area (Å²) in [5.41, 5.74) is 4.78. The minimum Gasteiger partial charge on any atom is -0.493 e. The van der Waals surface area contributed by atoms with Crippen molar-refractivity contribution in [3.05, 3.63) is 96.1 Å². The zero-order chi connectivity index (χ0) is 25.6. The van der Waals surface area contributed by atoms with E-state index < -0.39 is 6.16 Å². The number of rotatable bonds is 10. The lowest BCUT2D eigenvalue weighted by Gasteiger charge is -2.12. The van der Waals surface area contributed by atoms with Crippen LogP contribution in [0.4, 0.5) is 16.2 Å². The molecule has 0 bridgehead atoms. The number of hydrogen-bond acceptors (Lipinski definition) is 4. The molecular weight excluding hydrogens is 464 g/mol. The summed E-state index contributed by atoms with van der Waals surface area (Å²) in [6, 6.07) is 28.4. The largest absolute Gasteiger partial charge is 0.512 e. The minimum absolute atomic E-state index is 0.253. The van der Waals surface area contributed by atoms with E-state index >= 15 is 0 Å². The Morgan fingerprint density at radius 3 is 2.46 bits per heavy atom. The van der Waals surface area contributed by atoms with Gasteiger partial charge in [-0.05, 0) is 48.4 Å². The fraction of sp³-hybridized carbons (Fsp3) is 0.194. The summed E-state index contributed by atoms with van der Waals surface area (Å²) < 4.78 is 11.3. The number of nitrogens with one attached hydrogen (secondary N) is 2. The second-order valence-corrected chi connectivity index (χ2v) is 8.99. The highest BCUT2D eigenvalue weighted by atomic mass is 16.7. The molecule has 0 amide bonds. The zero-order valence-electron chi connectivity index (χ0n) is 20.8. The Morgan fingerprint density at radius 1 is 0.865 bits per heavy atom. The maximum atomic E-state index is 11.4.